The molecule has 0 heterocycles. The lowest BCUT2D eigenvalue weighted by atomic mass is 9.99. The van der Waals surface area contributed by atoms with Crippen molar-refractivity contribution in [1.82, 2.24) is 5.32 Å². The normalized spacial score (nSPS) is 12.1. The third-order valence-corrected chi connectivity index (χ3v) is 2.88. The molecule has 2 nitrogen and oxygen atoms in total. The van der Waals surface area contributed by atoms with E-state index in [1.54, 1.807) is 0 Å². The number of rotatable bonds is 6. The van der Waals surface area contributed by atoms with Crippen molar-refractivity contribution >= 4 is 0 Å². The van der Waals surface area contributed by atoms with Gasteiger partial charge in [0.05, 0.1) is 6.54 Å². The molecule has 0 aromatic heterocycles. The lowest BCUT2D eigenvalue weighted by molar-refractivity contribution is 0.581. The first kappa shape index (κ1) is 14.8. The minimum absolute atomic E-state index is 0.193. The number of nitrogens with two attached hydrogens (primary N) is 1. The molecular formula is C16H24N2. The largest absolute Gasteiger partial charge is 0.329 e. The monoisotopic (exact) mass is 244 g/mol. The molecule has 1 unspecified atom stereocenters. The van der Waals surface area contributed by atoms with Crippen molar-refractivity contribution in [2.75, 3.05) is 13.1 Å². The third kappa shape index (κ3) is 4.91. The Labute approximate surface area is 111 Å². The van der Waals surface area contributed by atoms with Gasteiger partial charge in [0.2, 0.25) is 0 Å². The summed E-state index contributed by atoms with van der Waals surface area (Å²) in [5, 5.41) is 3.35. The third-order valence-electron chi connectivity index (χ3n) is 2.88. The maximum Gasteiger partial charge on any atom is 0.0581 e. The molecule has 3 N–H and O–H groups in total. The molecule has 1 atom stereocenters. The predicted octanol–water partition coefficient (Wildman–Crippen LogP) is 2.50. The van der Waals surface area contributed by atoms with Gasteiger partial charge in [-0.05, 0) is 30.4 Å². The van der Waals surface area contributed by atoms with Crippen molar-refractivity contribution in [1.29, 1.82) is 0 Å². The van der Waals surface area contributed by atoms with Crippen molar-refractivity contribution in [3.8, 4) is 11.8 Å². The van der Waals surface area contributed by atoms with Crippen molar-refractivity contribution in [3.05, 3.63) is 35.4 Å². The van der Waals surface area contributed by atoms with Crippen LogP contribution in [-0.4, -0.2) is 13.1 Å². The van der Waals surface area contributed by atoms with Gasteiger partial charge in [-0.15, -0.1) is 5.92 Å². The van der Waals surface area contributed by atoms with E-state index in [2.05, 4.69) is 55.3 Å². The summed E-state index contributed by atoms with van der Waals surface area (Å²) in [7, 11) is 0. The molecule has 0 saturated heterocycles. The van der Waals surface area contributed by atoms with Crippen LogP contribution in [0.2, 0.25) is 0 Å². The summed E-state index contributed by atoms with van der Waals surface area (Å²) in [5.74, 6) is 6.57. The summed E-state index contributed by atoms with van der Waals surface area (Å²) < 4.78 is 0. The highest BCUT2D eigenvalue weighted by Gasteiger charge is 2.08. The fraction of sp³-hybridized carbons (Fsp3) is 0.500. The first-order valence-corrected chi connectivity index (χ1v) is 6.59. The van der Waals surface area contributed by atoms with E-state index in [9.17, 15) is 0 Å². The molecule has 1 aromatic carbocycles. The van der Waals surface area contributed by atoms with Gasteiger partial charge in [0.15, 0.2) is 0 Å². The van der Waals surface area contributed by atoms with E-state index in [0.29, 0.717) is 19.0 Å². The van der Waals surface area contributed by atoms with Gasteiger partial charge in [-0.2, -0.15) is 0 Å². The minimum Gasteiger partial charge on any atom is -0.329 e. The van der Waals surface area contributed by atoms with Crippen LogP contribution in [-0.2, 0) is 6.42 Å². The van der Waals surface area contributed by atoms with E-state index in [0.717, 1.165) is 6.42 Å². The van der Waals surface area contributed by atoms with Crippen LogP contribution in [0.3, 0.4) is 0 Å². The molecule has 0 aliphatic carbocycles. The highest BCUT2D eigenvalue weighted by Crippen LogP contribution is 2.15. The summed E-state index contributed by atoms with van der Waals surface area (Å²) in [6.45, 7) is 7.60. The molecule has 0 bridgehead atoms. The fourth-order valence-corrected chi connectivity index (χ4v) is 1.96. The van der Waals surface area contributed by atoms with Gasteiger partial charge in [-0.1, -0.05) is 44.0 Å². The summed E-state index contributed by atoms with van der Waals surface area (Å²) in [5.41, 5.74) is 8.42. The molecule has 0 aliphatic heterocycles. The molecule has 0 fully saturated rings. The van der Waals surface area contributed by atoms with Crippen LogP contribution in [0.1, 0.15) is 37.9 Å². The Bertz CT molecular complexity index is 395. The van der Waals surface area contributed by atoms with Crippen LogP contribution >= 0.6 is 0 Å². The molecule has 0 saturated carbocycles. The SMILES string of the molecule is CC#CCNC(CN)c1ccc(CC(C)C)cc1. The topological polar surface area (TPSA) is 38.0 Å². The fourth-order valence-electron chi connectivity index (χ4n) is 1.96. The van der Waals surface area contributed by atoms with E-state index < -0.39 is 0 Å². The zero-order chi connectivity index (χ0) is 13.4. The van der Waals surface area contributed by atoms with E-state index >= 15 is 0 Å². The lowest BCUT2D eigenvalue weighted by Gasteiger charge is -2.16. The van der Waals surface area contributed by atoms with E-state index in [4.69, 9.17) is 5.73 Å². The molecule has 1 aromatic rings. The van der Waals surface area contributed by atoms with Crippen LogP contribution in [0.5, 0.6) is 0 Å². The molecule has 0 amide bonds. The number of hydrogen-bond donors (Lipinski definition) is 2. The smallest absolute Gasteiger partial charge is 0.0581 e. The van der Waals surface area contributed by atoms with Crippen LogP contribution < -0.4 is 11.1 Å². The number of hydrogen-bond acceptors (Lipinski definition) is 2. The quantitative estimate of drug-likeness (QED) is 0.755. The summed E-state index contributed by atoms with van der Waals surface area (Å²) in [6.07, 6.45) is 1.13. The molecule has 18 heavy (non-hydrogen) atoms. The standard InChI is InChI=1S/C16H24N2/c1-4-5-10-18-16(12-17)15-8-6-14(7-9-15)11-13(2)3/h6-9,13,16,18H,10-12,17H2,1-3H3. The van der Waals surface area contributed by atoms with E-state index in [1.807, 2.05) is 6.92 Å². The van der Waals surface area contributed by atoms with Crippen LogP contribution in [0.25, 0.3) is 0 Å². The second-order valence-corrected chi connectivity index (χ2v) is 4.94. The highest BCUT2D eigenvalue weighted by atomic mass is 14.9. The van der Waals surface area contributed by atoms with Crippen molar-refractivity contribution in [2.24, 2.45) is 11.7 Å². The van der Waals surface area contributed by atoms with Gasteiger partial charge >= 0.3 is 0 Å². The van der Waals surface area contributed by atoms with Crippen molar-refractivity contribution in [3.63, 3.8) is 0 Å². The Morgan fingerprint density at radius 3 is 2.39 bits per heavy atom. The minimum atomic E-state index is 0.193. The van der Waals surface area contributed by atoms with Gasteiger partial charge in [0.25, 0.3) is 0 Å². The Hall–Kier alpha value is -1.30. The Morgan fingerprint density at radius 1 is 1.22 bits per heavy atom. The summed E-state index contributed by atoms with van der Waals surface area (Å²) >= 11 is 0. The first-order chi connectivity index (χ1) is 8.67. The molecular weight excluding hydrogens is 220 g/mol. The second kappa shape index (κ2) is 7.92. The zero-order valence-electron chi connectivity index (χ0n) is 11.7. The van der Waals surface area contributed by atoms with Gasteiger partial charge in [0, 0.05) is 12.6 Å². The van der Waals surface area contributed by atoms with Crippen LogP contribution in [0, 0.1) is 17.8 Å². The van der Waals surface area contributed by atoms with Crippen LogP contribution in [0.4, 0.5) is 0 Å². The number of nitrogens with one attached hydrogen (secondary N) is 1. The number of benzene rings is 1. The summed E-state index contributed by atoms with van der Waals surface area (Å²) in [4.78, 5) is 0. The Balaban J connectivity index is 2.65. The van der Waals surface area contributed by atoms with Gasteiger partial charge < -0.3 is 5.73 Å². The maximum atomic E-state index is 5.80. The van der Waals surface area contributed by atoms with Crippen molar-refractivity contribution in [2.45, 2.75) is 33.2 Å². The zero-order valence-corrected chi connectivity index (χ0v) is 11.7. The lowest BCUT2D eigenvalue weighted by Crippen LogP contribution is -2.28. The molecule has 2 heteroatoms. The van der Waals surface area contributed by atoms with Crippen LogP contribution in [0.15, 0.2) is 24.3 Å². The molecule has 1 rings (SSSR count). The molecule has 0 radical (unpaired) electrons. The second-order valence-electron chi connectivity index (χ2n) is 4.94. The molecule has 98 valence electrons. The van der Waals surface area contributed by atoms with Gasteiger partial charge in [0.1, 0.15) is 0 Å². The van der Waals surface area contributed by atoms with E-state index in [-0.39, 0.29) is 6.04 Å². The maximum absolute atomic E-state index is 5.80. The molecule has 0 spiro atoms. The Kier molecular flexibility index (Phi) is 6.49. The summed E-state index contributed by atoms with van der Waals surface area (Å²) in [6, 6.07) is 8.93. The van der Waals surface area contributed by atoms with Gasteiger partial charge in [-0.3, -0.25) is 5.32 Å². The average Bonchev–Trinajstić information content (AvgIpc) is 2.35. The highest BCUT2D eigenvalue weighted by molar-refractivity contribution is 5.25. The first-order valence-electron chi connectivity index (χ1n) is 6.59. The average molecular weight is 244 g/mol. The van der Waals surface area contributed by atoms with E-state index in [1.165, 1.54) is 11.1 Å². The predicted molar refractivity (Wildman–Crippen MR) is 78.2 cm³/mol. The Morgan fingerprint density at radius 2 is 1.89 bits per heavy atom. The van der Waals surface area contributed by atoms with Crippen molar-refractivity contribution < 1.29 is 0 Å². The van der Waals surface area contributed by atoms with Gasteiger partial charge in [-0.25, -0.2) is 0 Å². The molecule has 0 aliphatic rings.